The van der Waals surface area contributed by atoms with Crippen LogP contribution in [0, 0.1) is 11.7 Å². The summed E-state index contributed by atoms with van der Waals surface area (Å²) in [7, 11) is 0. The fourth-order valence-corrected chi connectivity index (χ4v) is 4.43. The minimum Gasteiger partial charge on any atom is -0.356 e. The van der Waals surface area contributed by atoms with Gasteiger partial charge >= 0.3 is 5.69 Å². The molecule has 1 aliphatic carbocycles. The van der Waals surface area contributed by atoms with Crippen molar-refractivity contribution in [2.75, 3.05) is 11.9 Å². The number of nitrogens with zero attached hydrogens (tertiary/aromatic N) is 4. The van der Waals surface area contributed by atoms with Crippen molar-refractivity contribution in [3.05, 3.63) is 59.0 Å². The van der Waals surface area contributed by atoms with Crippen LogP contribution in [0.2, 0.25) is 0 Å². The highest BCUT2D eigenvalue weighted by Gasteiger charge is 2.27. The van der Waals surface area contributed by atoms with Crippen LogP contribution < -0.4 is 11.0 Å². The second-order valence-corrected chi connectivity index (χ2v) is 9.23. The fourth-order valence-electron chi connectivity index (χ4n) is 4.43. The topological polar surface area (TPSA) is 74.0 Å². The number of nitrogens with one attached hydrogen (secondary N) is 1. The summed E-state index contributed by atoms with van der Waals surface area (Å²) < 4.78 is 22.5. The molecule has 0 radical (unpaired) electrons. The summed E-state index contributed by atoms with van der Waals surface area (Å²) in [5.41, 5.74) is 0.589. The van der Waals surface area contributed by atoms with Gasteiger partial charge in [0.2, 0.25) is 5.95 Å². The first-order chi connectivity index (χ1) is 15.8. The van der Waals surface area contributed by atoms with Crippen molar-refractivity contribution in [2.45, 2.75) is 65.1 Å². The lowest BCUT2D eigenvalue weighted by molar-refractivity contribution is -0.0745. The van der Waals surface area contributed by atoms with Crippen molar-refractivity contribution in [3.63, 3.8) is 0 Å². The normalized spacial score (nSPS) is 18.9. The maximum Gasteiger partial charge on any atom is 0.335 e. The highest BCUT2D eigenvalue weighted by molar-refractivity contribution is 5.59. The Labute approximate surface area is 193 Å². The highest BCUT2D eigenvalue weighted by atomic mass is 19.1. The molecule has 0 unspecified atom stereocenters. The van der Waals surface area contributed by atoms with Gasteiger partial charge in [0.05, 0.1) is 17.1 Å². The Morgan fingerprint density at radius 2 is 1.85 bits per heavy atom. The van der Waals surface area contributed by atoms with Crippen LogP contribution in [0.15, 0.2) is 47.5 Å². The summed E-state index contributed by atoms with van der Waals surface area (Å²) in [4.78, 5) is 22.6. The third-order valence-electron chi connectivity index (χ3n) is 6.32. The molecule has 0 spiro atoms. The molecule has 0 aliphatic heterocycles. The molecule has 0 atom stereocenters. The third kappa shape index (κ3) is 5.00. The molecule has 0 bridgehead atoms. The van der Waals surface area contributed by atoms with Gasteiger partial charge in [0.1, 0.15) is 11.5 Å². The lowest BCUT2D eigenvalue weighted by Gasteiger charge is -2.26. The Balaban J connectivity index is 1.76. The van der Waals surface area contributed by atoms with Gasteiger partial charge in [-0.25, -0.2) is 19.2 Å². The SMILES string of the molecule is CCOC(C)(C)n1cc(-c2ccnc(NC3CCC(C)CC3)n2)n(-c2ccc(F)cc2)c1=O. The molecule has 8 heteroatoms. The maximum atomic E-state index is 13.6. The largest absolute Gasteiger partial charge is 0.356 e. The van der Waals surface area contributed by atoms with E-state index in [1.54, 1.807) is 35.2 Å². The monoisotopic (exact) mass is 453 g/mol. The quantitative estimate of drug-likeness (QED) is 0.548. The molecule has 1 aromatic carbocycles. The number of aromatic nitrogens is 4. The molecule has 0 saturated heterocycles. The van der Waals surface area contributed by atoms with E-state index < -0.39 is 5.72 Å². The smallest absolute Gasteiger partial charge is 0.335 e. The molecule has 1 saturated carbocycles. The first-order valence-corrected chi connectivity index (χ1v) is 11.6. The summed E-state index contributed by atoms with van der Waals surface area (Å²) in [6, 6.07) is 7.98. The van der Waals surface area contributed by atoms with Crippen LogP contribution >= 0.6 is 0 Å². The van der Waals surface area contributed by atoms with Crippen LogP contribution in [0.4, 0.5) is 10.3 Å². The standard InChI is InChI=1S/C25H32FN5O2/c1-5-33-25(3,4)30-16-22(31(24(30)32)20-12-8-18(26)9-13-20)21-14-15-27-23(29-21)28-19-10-6-17(2)7-11-19/h8-9,12-17,19H,5-7,10-11H2,1-4H3,(H,27,28,29). The molecule has 2 heterocycles. The number of benzene rings is 1. The van der Waals surface area contributed by atoms with Gasteiger partial charge in [-0.2, -0.15) is 0 Å². The van der Waals surface area contributed by atoms with Crippen LogP contribution in [0.1, 0.15) is 53.4 Å². The zero-order chi connectivity index (χ0) is 23.6. The molecule has 2 aromatic heterocycles. The molecule has 1 N–H and O–H groups in total. The van der Waals surface area contributed by atoms with Crippen LogP contribution in [-0.4, -0.2) is 31.8 Å². The molecule has 176 valence electrons. The Bertz CT molecular complexity index is 1140. The first-order valence-electron chi connectivity index (χ1n) is 11.6. The predicted molar refractivity (Wildman–Crippen MR) is 127 cm³/mol. The highest BCUT2D eigenvalue weighted by Crippen LogP contribution is 2.27. The number of hydrogen-bond acceptors (Lipinski definition) is 5. The van der Waals surface area contributed by atoms with Crippen molar-refractivity contribution < 1.29 is 9.13 Å². The Kier molecular flexibility index (Phi) is 6.65. The van der Waals surface area contributed by atoms with Gasteiger partial charge in [0.25, 0.3) is 0 Å². The number of anilines is 1. The fraction of sp³-hybridized carbons (Fsp3) is 0.480. The predicted octanol–water partition coefficient (Wildman–Crippen LogP) is 4.95. The molecule has 3 aromatic rings. The minimum absolute atomic E-state index is 0.288. The van der Waals surface area contributed by atoms with E-state index in [1.165, 1.54) is 29.5 Å². The van der Waals surface area contributed by atoms with E-state index in [4.69, 9.17) is 9.72 Å². The van der Waals surface area contributed by atoms with E-state index in [-0.39, 0.29) is 11.5 Å². The summed E-state index contributed by atoms with van der Waals surface area (Å²) in [5, 5.41) is 3.46. The zero-order valence-corrected chi connectivity index (χ0v) is 19.7. The number of rotatable bonds is 7. The number of ether oxygens (including phenoxy) is 1. The molecular weight excluding hydrogens is 421 g/mol. The first kappa shape index (κ1) is 23.2. The summed E-state index contributed by atoms with van der Waals surface area (Å²) in [5.74, 6) is 0.939. The molecule has 0 amide bonds. The van der Waals surface area contributed by atoms with Gasteiger partial charge in [-0.3, -0.25) is 9.13 Å². The van der Waals surface area contributed by atoms with Crippen LogP contribution in [0.5, 0.6) is 0 Å². The third-order valence-corrected chi connectivity index (χ3v) is 6.32. The van der Waals surface area contributed by atoms with Crippen molar-refractivity contribution in [1.82, 2.24) is 19.1 Å². The Morgan fingerprint density at radius 1 is 1.15 bits per heavy atom. The molecule has 1 fully saturated rings. The van der Waals surface area contributed by atoms with Crippen molar-refractivity contribution >= 4 is 5.95 Å². The Hall–Kier alpha value is -3.00. The second kappa shape index (κ2) is 9.47. The average molecular weight is 454 g/mol. The number of hydrogen-bond donors (Lipinski definition) is 1. The van der Waals surface area contributed by atoms with Crippen molar-refractivity contribution in [2.24, 2.45) is 5.92 Å². The molecular formula is C25H32FN5O2. The van der Waals surface area contributed by atoms with Gasteiger partial charge in [0.15, 0.2) is 0 Å². The molecule has 1 aliphatic rings. The van der Waals surface area contributed by atoms with E-state index in [0.717, 1.165) is 18.8 Å². The van der Waals surface area contributed by atoms with E-state index in [0.29, 0.717) is 35.7 Å². The van der Waals surface area contributed by atoms with Gasteiger partial charge in [0, 0.05) is 25.0 Å². The number of imidazole rings is 1. The van der Waals surface area contributed by atoms with Crippen molar-refractivity contribution in [3.8, 4) is 17.1 Å². The molecule has 4 rings (SSSR count). The Morgan fingerprint density at radius 3 is 2.52 bits per heavy atom. The number of halogens is 1. The second-order valence-electron chi connectivity index (χ2n) is 9.23. The van der Waals surface area contributed by atoms with Gasteiger partial charge in [-0.05, 0) is 82.7 Å². The molecule has 33 heavy (non-hydrogen) atoms. The van der Waals surface area contributed by atoms with E-state index in [1.807, 2.05) is 20.8 Å². The van der Waals surface area contributed by atoms with E-state index in [9.17, 15) is 9.18 Å². The summed E-state index contributed by atoms with van der Waals surface area (Å²) in [6.07, 6.45) is 8.01. The maximum absolute atomic E-state index is 13.6. The van der Waals surface area contributed by atoms with Crippen LogP contribution in [-0.2, 0) is 10.5 Å². The van der Waals surface area contributed by atoms with Gasteiger partial charge < -0.3 is 10.1 Å². The van der Waals surface area contributed by atoms with Gasteiger partial charge in [-0.1, -0.05) is 6.92 Å². The lowest BCUT2D eigenvalue weighted by Crippen LogP contribution is -2.38. The van der Waals surface area contributed by atoms with Crippen LogP contribution in [0.3, 0.4) is 0 Å². The molecule has 7 nitrogen and oxygen atoms in total. The van der Waals surface area contributed by atoms with Crippen LogP contribution in [0.25, 0.3) is 17.1 Å². The zero-order valence-electron chi connectivity index (χ0n) is 19.7. The van der Waals surface area contributed by atoms with Crippen molar-refractivity contribution in [1.29, 1.82) is 0 Å². The van der Waals surface area contributed by atoms with E-state index in [2.05, 4.69) is 17.2 Å². The van der Waals surface area contributed by atoms with Gasteiger partial charge in [-0.15, -0.1) is 0 Å². The lowest BCUT2D eigenvalue weighted by atomic mass is 9.87. The average Bonchev–Trinajstić information content (AvgIpc) is 3.14. The summed E-state index contributed by atoms with van der Waals surface area (Å²) >= 11 is 0. The summed E-state index contributed by atoms with van der Waals surface area (Å²) in [6.45, 7) is 8.31. The van der Waals surface area contributed by atoms with E-state index >= 15 is 0 Å². The minimum atomic E-state index is -0.862.